The van der Waals surface area contributed by atoms with Crippen molar-refractivity contribution in [2.24, 2.45) is 0 Å². The van der Waals surface area contributed by atoms with E-state index in [1.807, 2.05) is 30.5 Å². The van der Waals surface area contributed by atoms with Gasteiger partial charge in [0.25, 0.3) is 0 Å². The minimum absolute atomic E-state index is 0.0637. The molecule has 7 heteroatoms. The zero-order valence-corrected chi connectivity index (χ0v) is 12.7. The number of aliphatic hydroxyl groups is 1. The number of rotatable bonds is 5. The molecule has 1 aromatic carbocycles. The largest absolute Gasteiger partial charge is 0.433 e. The molecule has 0 saturated carbocycles. The molecule has 0 fully saturated rings. The predicted octanol–water partition coefficient (Wildman–Crippen LogP) is 3.13. The molecule has 3 aromatic rings. The van der Waals surface area contributed by atoms with Gasteiger partial charge < -0.3 is 15.0 Å². The lowest BCUT2D eigenvalue weighted by Gasteiger charge is -2.09. The van der Waals surface area contributed by atoms with Crippen LogP contribution in [0, 0.1) is 0 Å². The van der Waals surface area contributed by atoms with Gasteiger partial charge in [0.1, 0.15) is 5.69 Å². The van der Waals surface area contributed by atoms with Gasteiger partial charge >= 0.3 is 6.18 Å². The highest BCUT2D eigenvalue weighted by atomic mass is 19.4. The van der Waals surface area contributed by atoms with Crippen molar-refractivity contribution in [2.75, 3.05) is 13.2 Å². The van der Waals surface area contributed by atoms with Crippen LogP contribution in [-0.2, 0) is 12.7 Å². The highest BCUT2D eigenvalue weighted by Gasteiger charge is 2.32. The molecule has 0 amide bonds. The summed E-state index contributed by atoms with van der Waals surface area (Å²) in [4.78, 5) is 3.51. The number of aliphatic hydroxyl groups excluding tert-OH is 1. The molecule has 0 bridgehead atoms. The first-order chi connectivity index (χ1) is 11.5. The average molecular weight is 335 g/mol. The van der Waals surface area contributed by atoms with Crippen LogP contribution in [0.15, 0.2) is 48.8 Å². The first-order valence-electron chi connectivity index (χ1n) is 7.45. The number of halogens is 3. The maximum absolute atomic E-state index is 12.6. The van der Waals surface area contributed by atoms with E-state index in [-0.39, 0.29) is 6.61 Å². The van der Waals surface area contributed by atoms with Crippen molar-refractivity contribution in [3.05, 3.63) is 60.0 Å². The van der Waals surface area contributed by atoms with Crippen LogP contribution in [0.5, 0.6) is 0 Å². The van der Waals surface area contributed by atoms with Crippen molar-refractivity contribution in [2.45, 2.75) is 12.7 Å². The Morgan fingerprint density at radius 3 is 2.62 bits per heavy atom. The second kappa shape index (κ2) is 6.62. The van der Waals surface area contributed by atoms with Crippen molar-refractivity contribution in [3.8, 4) is 5.69 Å². The van der Waals surface area contributed by atoms with Gasteiger partial charge in [0, 0.05) is 24.7 Å². The Bertz CT molecular complexity index is 825. The summed E-state index contributed by atoms with van der Waals surface area (Å²) >= 11 is 0. The van der Waals surface area contributed by atoms with Gasteiger partial charge in [-0.2, -0.15) is 13.2 Å². The molecule has 2 aromatic heterocycles. The number of aromatic nitrogens is 2. The van der Waals surface area contributed by atoms with E-state index in [4.69, 9.17) is 5.11 Å². The summed E-state index contributed by atoms with van der Waals surface area (Å²) in [6.45, 7) is 1.17. The third-order valence-corrected chi connectivity index (χ3v) is 3.74. The molecule has 0 aliphatic rings. The van der Waals surface area contributed by atoms with Crippen LogP contribution in [0.3, 0.4) is 0 Å². The minimum Gasteiger partial charge on any atom is -0.395 e. The van der Waals surface area contributed by atoms with Crippen LogP contribution in [0.25, 0.3) is 16.6 Å². The van der Waals surface area contributed by atoms with Crippen LogP contribution in [-0.4, -0.2) is 27.8 Å². The Morgan fingerprint density at radius 1 is 1.12 bits per heavy atom. The highest BCUT2D eigenvalue weighted by Crippen LogP contribution is 2.29. The van der Waals surface area contributed by atoms with Crippen LogP contribution in [0.1, 0.15) is 11.3 Å². The van der Waals surface area contributed by atoms with Crippen molar-refractivity contribution in [1.29, 1.82) is 0 Å². The summed E-state index contributed by atoms with van der Waals surface area (Å²) in [5.74, 6) is 0. The van der Waals surface area contributed by atoms with Gasteiger partial charge in [0.2, 0.25) is 0 Å². The fraction of sp³-hybridized carbons (Fsp3) is 0.235. The van der Waals surface area contributed by atoms with Gasteiger partial charge in [-0.25, -0.2) is 4.98 Å². The van der Waals surface area contributed by atoms with Gasteiger partial charge in [-0.05, 0) is 29.8 Å². The lowest BCUT2D eigenvalue weighted by atomic mass is 10.1. The molecule has 24 heavy (non-hydrogen) atoms. The Balaban J connectivity index is 1.94. The maximum Gasteiger partial charge on any atom is 0.433 e. The summed E-state index contributed by atoms with van der Waals surface area (Å²) in [6.07, 6.45) is -1.41. The molecular formula is C17H16F3N3O. The minimum atomic E-state index is -4.44. The summed E-state index contributed by atoms with van der Waals surface area (Å²) in [6, 6.07) is 10.1. The lowest BCUT2D eigenvalue weighted by Crippen LogP contribution is -2.17. The van der Waals surface area contributed by atoms with Gasteiger partial charge in [-0.1, -0.05) is 12.1 Å². The number of nitrogens with zero attached hydrogens (tertiary/aromatic N) is 2. The van der Waals surface area contributed by atoms with E-state index in [2.05, 4.69) is 10.3 Å². The Labute approximate surface area is 136 Å². The van der Waals surface area contributed by atoms with Crippen molar-refractivity contribution in [1.82, 2.24) is 14.9 Å². The normalized spacial score (nSPS) is 12.0. The molecule has 126 valence electrons. The first kappa shape index (κ1) is 16.5. The van der Waals surface area contributed by atoms with E-state index < -0.39 is 11.9 Å². The zero-order valence-electron chi connectivity index (χ0n) is 12.7. The molecular weight excluding hydrogens is 319 g/mol. The maximum atomic E-state index is 12.6. The number of hydrogen-bond acceptors (Lipinski definition) is 3. The van der Waals surface area contributed by atoms with Gasteiger partial charge in [0.15, 0.2) is 0 Å². The highest BCUT2D eigenvalue weighted by molar-refractivity contribution is 5.85. The second-order valence-corrected chi connectivity index (χ2v) is 5.34. The number of hydrogen-bond donors (Lipinski definition) is 2. The van der Waals surface area contributed by atoms with Crippen LogP contribution in [0.4, 0.5) is 13.2 Å². The monoisotopic (exact) mass is 335 g/mol. The van der Waals surface area contributed by atoms with Crippen LogP contribution >= 0.6 is 0 Å². The zero-order chi connectivity index (χ0) is 17.2. The van der Waals surface area contributed by atoms with Crippen LogP contribution < -0.4 is 5.32 Å². The number of alkyl halides is 3. The second-order valence-electron chi connectivity index (χ2n) is 5.34. The molecule has 0 saturated heterocycles. The summed E-state index contributed by atoms with van der Waals surface area (Å²) < 4.78 is 39.7. The Hall–Kier alpha value is -2.38. The number of pyridine rings is 1. The predicted molar refractivity (Wildman–Crippen MR) is 84.9 cm³/mol. The fourth-order valence-corrected chi connectivity index (χ4v) is 2.61. The van der Waals surface area contributed by atoms with Gasteiger partial charge in [-0.3, -0.25) is 0 Å². The van der Waals surface area contributed by atoms with Gasteiger partial charge in [-0.15, -0.1) is 0 Å². The molecule has 0 atom stereocenters. The molecule has 0 radical (unpaired) electrons. The fourth-order valence-electron chi connectivity index (χ4n) is 2.61. The summed E-state index contributed by atoms with van der Waals surface area (Å²) in [5.41, 5.74) is 1.61. The lowest BCUT2D eigenvalue weighted by molar-refractivity contribution is -0.141. The van der Waals surface area contributed by atoms with E-state index in [9.17, 15) is 13.2 Å². The number of fused-ring (bicyclic) bond motifs is 1. The topological polar surface area (TPSA) is 50.1 Å². The molecule has 0 unspecified atom stereocenters. The third-order valence-electron chi connectivity index (χ3n) is 3.74. The van der Waals surface area contributed by atoms with E-state index in [0.29, 0.717) is 18.8 Å². The summed E-state index contributed by atoms with van der Waals surface area (Å²) in [5, 5.41) is 13.0. The van der Waals surface area contributed by atoms with E-state index in [1.165, 1.54) is 12.3 Å². The van der Waals surface area contributed by atoms with E-state index >= 15 is 0 Å². The van der Waals surface area contributed by atoms with Crippen molar-refractivity contribution in [3.63, 3.8) is 0 Å². The summed E-state index contributed by atoms with van der Waals surface area (Å²) in [7, 11) is 0. The Kier molecular flexibility index (Phi) is 4.55. The van der Waals surface area contributed by atoms with Crippen LogP contribution in [0.2, 0.25) is 0 Å². The smallest absolute Gasteiger partial charge is 0.395 e. The van der Waals surface area contributed by atoms with Crippen molar-refractivity contribution < 1.29 is 18.3 Å². The molecule has 0 aliphatic heterocycles. The first-order valence-corrected chi connectivity index (χ1v) is 7.45. The van der Waals surface area contributed by atoms with Gasteiger partial charge in [0.05, 0.1) is 24.0 Å². The molecule has 4 nitrogen and oxygen atoms in total. The molecule has 0 aliphatic carbocycles. The Morgan fingerprint density at radius 2 is 1.96 bits per heavy atom. The molecule has 0 spiro atoms. The van der Waals surface area contributed by atoms with E-state index in [1.54, 1.807) is 4.57 Å². The molecule has 2 N–H and O–H groups in total. The standard InChI is InChI=1S/C17H16F3N3O/c18-17(19,20)16-5-4-13(11-22-16)23-8-6-14-12(10-21-7-9-24)2-1-3-15(14)23/h1-6,8,11,21,24H,7,9-10H2. The number of benzene rings is 1. The van der Waals surface area contributed by atoms with Crippen molar-refractivity contribution >= 4 is 10.9 Å². The number of nitrogens with one attached hydrogen (secondary N) is 1. The average Bonchev–Trinajstić information content (AvgIpc) is 2.99. The molecule has 3 rings (SSSR count). The SMILES string of the molecule is OCCNCc1cccc2c1ccn2-c1ccc(C(F)(F)F)nc1. The molecule has 2 heterocycles. The third kappa shape index (κ3) is 3.27. The quantitative estimate of drug-likeness (QED) is 0.705. The van der Waals surface area contributed by atoms with E-state index in [0.717, 1.165) is 22.5 Å².